The van der Waals surface area contributed by atoms with Gasteiger partial charge in [0.05, 0.1) is 6.54 Å². The van der Waals surface area contributed by atoms with E-state index in [1.165, 1.54) is 7.05 Å². The van der Waals surface area contributed by atoms with Gasteiger partial charge in [0.25, 0.3) is 0 Å². The normalized spacial score (nSPS) is 11.6. The molecule has 0 saturated heterocycles. The Balaban J connectivity index is 3.74. The number of hydrogen-bond donors (Lipinski definition) is 1. The predicted octanol–water partition coefficient (Wildman–Crippen LogP) is 0.337. The SMILES string of the molecule is CNCC(=O)C(F)(F)F. The molecule has 0 saturated carbocycles. The highest BCUT2D eigenvalue weighted by Crippen LogP contribution is 2.14. The third-order valence-corrected chi connectivity index (χ3v) is 0.654. The molecule has 0 spiro atoms. The summed E-state index contributed by atoms with van der Waals surface area (Å²) in [6, 6.07) is 0. The van der Waals surface area contributed by atoms with Gasteiger partial charge in [0.2, 0.25) is 5.78 Å². The first-order valence-corrected chi connectivity index (χ1v) is 2.23. The summed E-state index contributed by atoms with van der Waals surface area (Å²) in [5, 5.41) is 2.10. The standard InChI is InChI=1S/C4H6F3NO/c1-8-2-3(9)4(5,6)7/h8H,2H2,1H3. The lowest BCUT2D eigenvalue weighted by Crippen LogP contribution is -2.31. The van der Waals surface area contributed by atoms with Gasteiger partial charge >= 0.3 is 6.18 Å². The van der Waals surface area contributed by atoms with Crippen molar-refractivity contribution in [3.05, 3.63) is 0 Å². The van der Waals surface area contributed by atoms with E-state index in [0.717, 1.165) is 0 Å². The highest BCUT2D eigenvalue weighted by Gasteiger charge is 2.36. The average molecular weight is 141 g/mol. The van der Waals surface area contributed by atoms with Crippen LogP contribution < -0.4 is 5.32 Å². The van der Waals surface area contributed by atoms with Gasteiger partial charge in [0.1, 0.15) is 0 Å². The van der Waals surface area contributed by atoms with Gasteiger partial charge < -0.3 is 5.32 Å². The largest absolute Gasteiger partial charge is 0.451 e. The molecule has 1 N–H and O–H groups in total. The number of carbonyl (C=O) groups is 1. The van der Waals surface area contributed by atoms with Crippen LogP contribution in [0, 0.1) is 0 Å². The van der Waals surface area contributed by atoms with E-state index in [-0.39, 0.29) is 0 Å². The molecule has 2 nitrogen and oxygen atoms in total. The van der Waals surface area contributed by atoms with Gasteiger partial charge in [-0.2, -0.15) is 13.2 Å². The number of carbonyl (C=O) groups excluding carboxylic acids is 1. The fourth-order valence-electron chi connectivity index (χ4n) is 0.261. The Morgan fingerprint density at radius 2 is 2.00 bits per heavy atom. The Bertz CT molecular complexity index is 109. The van der Waals surface area contributed by atoms with E-state index >= 15 is 0 Å². The number of likely N-dealkylation sites (N-methyl/N-ethyl adjacent to an activating group) is 1. The van der Waals surface area contributed by atoms with Gasteiger partial charge in [0, 0.05) is 0 Å². The average Bonchev–Trinajstić information content (AvgIpc) is 1.64. The van der Waals surface area contributed by atoms with E-state index in [9.17, 15) is 18.0 Å². The van der Waals surface area contributed by atoms with E-state index in [0.29, 0.717) is 0 Å². The smallest absolute Gasteiger partial charge is 0.313 e. The summed E-state index contributed by atoms with van der Waals surface area (Å²) in [4.78, 5) is 9.88. The predicted molar refractivity (Wildman–Crippen MR) is 25.0 cm³/mol. The van der Waals surface area contributed by atoms with Gasteiger partial charge in [-0.25, -0.2) is 0 Å². The molecule has 5 heteroatoms. The highest BCUT2D eigenvalue weighted by atomic mass is 19.4. The molecular formula is C4H6F3NO. The van der Waals surface area contributed by atoms with Gasteiger partial charge in [-0.15, -0.1) is 0 Å². The van der Waals surface area contributed by atoms with Crippen LogP contribution in [0.3, 0.4) is 0 Å². The number of nitrogens with one attached hydrogen (secondary N) is 1. The molecular weight excluding hydrogens is 135 g/mol. The summed E-state index contributed by atoms with van der Waals surface area (Å²) < 4.78 is 33.7. The molecule has 0 aliphatic rings. The van der Waals surface area contributed by atoms with E-state index in [1.807, 2.05) is 0 Å². The summed E-state index contributed by atoms with van der Waals surface area (Å²) in [7, 11) is 1.28. The highest BCUT2D eigenvalue weighted by molar-refractivity contribution is 5.85. The number of halogens is 3. The summed E-state index contributed by atoms with van der Waals surface area (Å²) in [6.07, 6.45) is -4.69. The Hall–Kier alpha value is -0.580. The van der Waals surface area contributed by atoms with Crippen LogP contribution in [0.15, 0.2) is 0 Å². The third kappa shape index (κ3) is 3.07. The van der Waals surface area contributed by atoms with E-state index in [2.05, 4.69) is 5.32 Å². The van der Waals surface area contributed by atoms with Crippen LogP contribution >= 0.6 is 0 Å². The van der Waals surface area contributed by atoms with Crippen molar-refractivity contribution < 1.29 is 18.0 Å². The van der Waals surface area contributed by atoms with Crippen LogP contribution in [0.5, 0.6) is 0 Å². The molecule has 0 fully saturated rings. The molecule has 0 aromatic carbocycles. The van der Waals surface area contributed by atoms with Crippen molar-refractivity contribution in [1.82, 2.24) is 5.32 Å². The van der Waals surface area contributed by atoms with Crippen molar-refractivity contribution in [2.75, 3.05) is 13.6 Å². The molecule has 9 heavy (non-hydrogen) atoms. The van der Waals surface area contributed by atoms with Crippen molar-refractivity contribution in [2.45, 2.75) is 6.18 Å². The Morgan fingerprint density at radius 3 is 2.11 bits per heavy atom. The topological polar surface area (TPSA) is 29.1 Å². The van der Waals surface area contributed by atoms with Crippen molar-refractivity contribution >= 4 is 5.78 Å². The Kier molecular flexibility index (Phi) is 2.64. The summed E-state index contributed by atoms with van der Waals surface area (Å²) in [6.45, 7) is -0.649. The second-order valence-corrected chi connectivity index (χ2v) is 1.45. The van der Waals surface area contributed by atoms with E-state index in [4.69, 9.17) is 0 Å². The fourth-order valence-corrected chi connectivity index (χ4v) is 0.261. The maximum Gasteiger partial charge on any atom is 0.451 e. The monoisotopic (exact) mass is 141 g/mol. The lowest BCUT2D eigenvalue weighted by Gasteiger charge is -2.02. The summed E-state index contributed by atoms with van der Waals surface area (Å²) in [5.74, 6) is -1.75. The van der Waals surface area contributed by atoms with Gasteiger partial charge in [-0.1, -0.05) is 0 Å². The maximum atomic E-state index is 11.2. The number of Topliss-reactive ketones (excluding diaryl/α,β-unsaturated/α-hetero) is 1. The van der Waals surface area contributed by atoms with Gasteiger partial charge in [-0.05, 0) is 7.05 Å². The minimum Gasteiger partial charge on any atom is -0.313 e. The molecule has 0 amide bonds. The first kappa shape index (κ1) is 8.42. The van der Waals surface area contributed by atoms with Crippen molar-refractivity contribution in [1.29, 1.82) is 0 Å². The molecule has 0 aromatic rings. The first-order chi connectivity index (χ1) is 3.98. The van der Waals surface area contributed by atoms with Crippen LogP contribution in [0.1, 0.15) is 0 Å². The van der Waals surface area contributed by atoms with Crippen LogP contribution in [0.4, 0.5) is 13.2 Å². The maximum absolute atomic E-state index is 11.2. The van der Waals surface area contributed by atoms with E-state index in [1.54, 1.807) is 0 Å². The Morgan fingerprint density at radius 1 is 1.56 bits per heavy atom. The third-order valence-electron chi connectivity index (χ3n) is 0.654. The quantitative estimate of drug-likeness (QED) is 0.600. The minimum atomic E-state index is -4.69. The van der Waals surface area contributed by atoms with Crippen molar-refractivity contribution in [3.8, 4) is 0 Å². The second-order valence-electron chi connectivity index (χ2n) is 1.45. The van der Waals surface area contributed by atoms with Crippen LogP contribution in [-0.2, 0) is 4.79 Å². The molecule has 0 aromatic heterocycles. The fraction of sp³-hybridized carbons (Fsp3) is 0.750. The number of alkyl halides is 3. The second kappa shape index (κ2) is 2.82. The van der Waals surface area contributed by atoms with E-state index < -0.39 is 18.5 Å². The molecule has 54 valence electrons. The number of rotatable bonds is 2. The molecule has 0 aliphatic heterocycles. The number of hydrogen-bond acceptors (Lipinski definition) is 2. The molecule has 0 aliphatic carbocycles. The van der Waals surface area contributed by atoms with Crippen molar-refractivity contribution in [2.24, 2.45) is 0 Å². The Labute approximate surface area is 50.0 Å². The lowest BCUT2D eigenvalue weighted by atomic mass is 10.4. The summed E-state index contributed by atoms with van der Waals surface area (Å²) in [5.41, 5.74) is 0. The molecule has 0 rings (SSSR count). The zero-order valence-corrected chi connectivity index (χ0v) is 4.75. The minimum absolute atomic E-state index is 0.649. The van der Waals surface area contributed by atoms with Crippen molar-refractivity contribution in [3.63, 3.8) is 0 Å². The van der Waals surface area contributed by atoms with Crippen LogP contribution in [-0.4, -0.2) is 25.6 Å². The lowest BCUT2D eigenvalue weighted by molar-refractivity contribution is -0.169. The molecule has 0 bridgehead atoms. The number of ketones is 1. The van der Waals surface area contributed by atoms with Gasteiger partial charge in [-0.3, -0.25) is 4.79 Å². The molecule has 0 unspecified atom stereocenters. The van der Waals surface area contributed by atoms with Gasteiger partial charge in [0.15, 0.2) is 0 Å². The molecule has 0 heterocycles. The zero-order chi connectivity index (χ0) is 7.49. The van der Waals surface area contributed by atoms with Crippen LogP contribution in [0.25, 0.3) is 0 Å². The first-order valence-electron chi connectivity index (χ1n) is 2.23. The molecule has 0 atom stereocenters. The summed E-state index contributed by atoms with van der Waals surface area (Å²) >= 11 is 0. The van der Waals surface area contributed by atoms with Crippen LogP contribution in [0.2, 0.25) is 0 Å². The zero-order valence-electron chi connectivity index (χ0n) is 4.75. The molecule has 0 radical (unpaired) electrons.